The number of carboxylic acids is 1. The average Bonchev–Trinajstić information content (AvgIpc) is 2.96. The molecule has 1 heterocycles. The number of nitrogens with zero attached hydrogens (tertiary/aromatic N) is 4. The molecule has 0 aliphatic heterocycles. The number of aliphatic carboxylic acids is 1. The molecule has 0 amide bonds. The van der Waals surface area contributed by atoms with Crippen LogP contribution in [0.25, 0.3) is 10.4 Å². The molecule has 1 rings (SSSR count). The van der Waals surface area contributed by atoms with E-state index in [2.05, 4.69) is 67.1 Å². The van der Waals surface area contributed by atoms with Gasteiger partial charge in [0, 0.05) is 46.1 Å². The van der Waals surface area contributed by atoms with Crippen LogP contribution in [-0.4, -0.2) is 89.7 Å². The van der Waals surface area contributed by atoms with E-state index < -0.39 is 16.1 Å². The Morgan fingerprint density at radius 3 is 1.55 bits per heavy atom. The van der Waals surface area contributed by atoms with E-state index in [1.54, 1.807) is 34.0 Å². The van der Waals surface area contributed by atoms with Crippen molar-refractivity contribution in [1.29, 1.82) is 0 Å². The van der Waals surface area contributed by atoms with Crippen molar-refractivity contribution in [3.05, 3.63) is 41.8 Å². The first-order chi connectivity index (χ1) is 20.0. The quantitative estimate of drug-likeness (QED) is 0.0333. The number of ketones is 2. The summed E-state index contributed by atoms with van der Waals surface area (Å²) in [6.07, 6.45) is 6.53. The van der Waals surface area contributed by atoms with Crippen LogP contribution in [0.5, 0.6) is 0 Å². The van der Waals surface area contributed by atoms with Crippen LogP contribution >= 0.6 is 34.2 Å². The molecule has 44 heavy (non-hydrogen) atoms. The third kappa shape index (κ3) is 236. The maximum atomic E-state index is 9.78. The second-order valence-corrected chi connectivity index (χ2v) is 9.60. The molecular weight excluding hydrogens is 826 g/mol. The zero-order chi connectivity index (χ0) is 36.7. The minimum atomic E-state index is -3.16. The standard InChI is InChI=1S/C6H7NS2.C4H6.C3H7NO.C3H5O.C2H6O3S.C2H4O2.CH3N3.CH5NO.CH5N.CH4S.W/c1-8-9-6-4-2-3-5-7-6;1-3-4-2;1-3(5)2-4;1-3(2)4;1-5-6(2,3)4;1-2(3)4;1-3-4-2;1-3-2;2*1-2;/h2-5H,1H3;1-2H3;2,4H2,1H3;1H2,2H3;1-2H3;1H3,(H,3,4);1H3;2H2,1H3;2H2,1H3;2H,1H3;/q;;;-1;;;;;;;. The van der Waals surface area contributed by atoms with E-state index >= 15 is 0 Å². The summed E-state index contributed by atoms with van der Waals surface area (Å²) in [5.41, 5.74) is 16.7. The van der Waals surface area contributed by atoms with Crippen LogP contribution in [-0.2, 0) is 54.6 Å². The molecular formula is C24H52N7O8S4W-. The number of carbonyl (C=O) groups is 3. The molecule has 1 aromatic rings. The summed E-state index contributed by atoms with van der Waals surface area (Å²) in [5, 5.41) is 11.4. The van der Waals surface area contributed by atoms with Gasteiger partial charge in [-0.05, 0) is 81.5 Å². The minimum Gasteiger partial charge on any atom is -0.481 e. The van der Waals surface area contributed by atoms with Crippen molar-refractivity contribution in [2.24, 2.45) is 22.5 Å². The van der Waals surface area contributed by atoms with Gasteiger partial charge in [-0.25, -0.2) is 10.9 Å². The Morgan fingerprint density at radius 1 is 1.16 bits per heavy atom. The number of nitrogens with two attached hydrogens (primary N) is 3. The molecule has 0 saturated carbocycles. The van der Waals surface area contributed by atoms with Gasteiger partial charge in [-0.15, -0.1) is 11.8 Å². The number of aromatic nitrogens is 1. The van der Waals surface area contributed by atoms with Crippen molar-refractivity contribution in [2.75, 3.05) is 53.6 Å². The molecule has 0 aliphatic rings. The summed E-state index contributed by atoms with van der Waals surface area (Å²) in [6, 6.07) is 5.91. The van der Waals surface area contributed by atoms with Crippen molar-refractivity contribution in [3.8, 4) is 11.8 Å². The molecule has 1 aromatic heterocycles. The molecule has 0 aromatic carbocycles. The third-order valence-electron chi connectivity index (χ3n) is 1.74. The number of hydrogen-bond donors (Lipinski definition) is 5. The fourth-order valence-corrected chi connectivity index (χ4v) is 1.70. The number of azide groups is 1. The smallest absolute Gasteiger partial charge is 0.300 e. The largest absolute Gasteiger partial charge is 0.481 e. The monoisotopic (exact) mass is 878 g/mol. The van der Waals surface area contributed by atoms with E-state index in [-0.39, 0.29) is 39.2 Å². The van der Waals surface area contributed by atoms with E-state index in [4.69, 9.17) is 21.2 Å². The second-order valence-electron chi connectivity index (χ2n) is 5.44. The minimum absolute atomic E-state index is 0. The number of hydrogen-bond acceptors (Lipinski definition) is 15. The SMILES string of the molecule is CC#CC.CC(=O)CN.CC(=O)O.CN.CN=[N+]=[N-].CON.COS(C)(=O)=O.CS.CSSc1ccccn1.[CH2-]C(C)=O.[W]. The van der Waals surface area contributed by atoms with Crippen LogP contribution in [0.2, 0.25) is 0 Å². The van der Waals surface area contributed by atoms with Crippen molar-refractivity contribution in [2.45, 2.75) is 39.6 Å². The number of carboxylic acid groups (broad SMARTS) is 1. The maximum Gasteiger partial charge on any atom is 0.300 e. The molecule has 0 atom stereocenters. The van der Waals surface area contributed by atoms with E-state index in [0.717, 1.165) is 25.3 Å². The number of Topliss-reactive ketones (excluding diaryl/α,β-unsaturated/α-hetero) is 2. The van der Waals surface area contributed by atoms with E-state index in [0.29, 0.717) is 0 Å². The molecule has 262 valence electrons. The summed E-state index contributed by atoms with van der Waals surface area (Å²) >= 11 is 3.53. The number of carbonyl (C=O) groups excluding carboxylic acids is 2. The first kappa shape index (κ1) is 69.1. The van der Waals surface area contributed by atoms with Crippen molar-refractivity contribution in [1.82, 2.24) is 4.98 Å². The topological polar surface area (TPSA) is 264 Å². The van der Waals surface area contributed by atoms with Crippen molar-refractivity contribution < 1.29 is 58.0 Å². The molecule has 0 saturated heterocycles. The normalized spacial score (nSPS) is 6.91. The third-order valence-corrected chi connectivity index (χ3v) is 3.93. The van der Waals surface area contributed by atoms with Gasteiger partial charge in [0.05, 0.1) is 27.0 Å². The van der Waals surface area contributed by atoms with Crippen LogP contribution in [0.4, 0.5) is 0 Å². The summed E-state index contributed by atoms with van der Waals surface area (Å²) in [7, 11) is 5.64. The molecule has 0 aliphatic carbocycles. The Kier molecular flexibility index (Phi) is 115. The number of thiol groups is 1. The van der Waals surface area contributed by atoms with Crippen molar-refractivity contribution >= 4 is 61.9 Å². The van der Waals surface area contributed by atoms with Crippen LogP contribution in [0.1, 0.15) is 34.6 Å². The predicted molar refractivity (Wildman–Crippen MR) is 185 cm³/mol. The van der Waals surface area contributed by atoms with E-state index in [1.165, 1.54) is 35.1 Å². The molecule has 15 nitrogen and oxygen atoms in total. The Labute approximate surface area is 292 Å². The Morgan fingerprint density at radius 2 is 1.43 bits per heavy atom. The summed E-state index contributed by atoms with van der Waals surface area (Å²) < 4.78 is 23.5. The zero-order valence-corrected chi connectivity index (χ0v) is 33.9. The average molecular weight is 879 g/mol. The molecule has 7 N–H and O–H groups in total. The predicted octanol–water partition coefficient (Wildman–Crippen LogP) is 3.66. The fraction of sp³-hybridized carbons (Fsp3) is 0.542. The fourth-order valence-electron chi connectivity index (χ4n) is 0.482. The van der Waals surface area contributed by atoms with Gasteiger partial charge in [-0.3, -0.25) is 13.8 Å². The van der Waals surface area contributed by atoms with Gasteiger partial charge in [0.1, 0.15) is 10.8 Å². The number of rotatable bonds is 4. The van der Waals surface area contributed by atoms with Gasteiger partial charge in [0.2, 0.25) is 0 Å². The molecule has 0 unspecified atom stereocenters. The zero-order valence-electron chi connectivity index (χ0n) is 27.6. The molecule has 0 radical (unpaired) electrons. The van der Waals surface area contributed by atoms with Gasteiger partial charge in [0.25, 0.3) is 16.1 Å². The van der Waals surface area contributed by atoms with Gasteiger partial charge in [-0.1, -0.05) is 22.0 Å². The molecule has 20 heteroatoms. The van der Waals surface area contributed by atoms with Gasteiger partial charge in [-0.2, -0.15) is 21.0 Å². The van der Waals surface area contributed by atoms with E-state index in [9.17, 15) is 18.0 Å². The van der Waals surface area contributed by atoms with E-state index in [1.807, 2.05) is 38.3 Å². The second kappa shape index (κ2) is 73.0. The summed E-state index contributed by atoms with van der Waals surface area (Å²) in [6.45, 7) is 10.8. The van der Waals surface area contributed by atoms with Crippen LogP contribution in [0.15, 0.2) is 34.5 Å². The first-order valence-corrected chi connectivity index (χ1v) is 16.4. The van der Waals surface area contributed by atoms with Gasteiger partial charge < -0.3 is 33.1 Å². The van der Waals surface area contributed by atoms with Crippen molar-refractivity contribution in [3.63, 3.8) is 0 Å². The van der Waals surface area contributed by atoms with Crippen LogP contribution in [0.3, 0.4) is 0 Å². The maximum absolute atomic E-state index is 9.78. The Hall–Kier alpha value is -1.81. The summed E-state index contributed by atoms with van der Waals surface area (Å²) in [4.78, 5) is 38.2. The molecule has 0 spiro atoms. The Bertz CT molecular complexity index is 877. The van der Waals surface area contributed by atoms with Gasteiger partial charge in [0.15, 0.2) is 0 Å². The number of pyridine rings is 1. The molecule has 0 bridgehead atoms. The van der Waals surface area contributed by atoms with Gasteiger partial charge >= 0.3 is 0 Å². The summed E-state index contributed by atoms with van der Waals surface area (Å²) in [5.74, 6) is 8.82. The first-order valence-electron chi connectivity index (χ1n) is 11.1. The molecule has 0 fully saturated rings. The van der Waals surface area contributed by atoms with Crippen LogP contribution in [0, 0.1) is 18.8 Å². The van der Waals surface area contributed by atoms with Crippen LogP contribution < -0.4 is 17.4 Å². The Balaban J connectivity index is -0.0000000377.